The Morgan fingerprint density at radius 3 is 2.12 bits per heavy atom. The van der Waals surface area contributed by atoms with Crippen molar-refractivity contribution in [2.45, 2.75) is 33.1 Å². The summed E-state index contributed by atoms with van der Waals surface area (Å²) in [5.74, 6) is 1.64. The van der Waals surface area contributed by atoms with Crippen molar-refractivity contribution in [1.29, 1.82) is 0 Å². The summed E-state index contributed by atoms with van der Waals surface area (Å²) in [6, 6.07) is 24.7. The van der Waals surface area contributed by atoms with E-state index in [1.165, 1.54) is 5.56 Å². The SMILES string of the molecule is COc1ccc(CNC(NC(=O)O)NC(=O)O)c(-c2ccc3c(-c4ccc(CC(C)C)cc4)cccc3c2)c1OC. The third kappa shape index (κ3) is 7.06. The summed E-state index contributed by atoms with van der Waals surface area (Å²) in [7, 11) is 3.11. The van der Waals surface area contributed by atoms with Gasteiger partial charge >= 0.3 is 12.2 Å². The first-order chi connectivity index (χ1) is 19.7. The quantitative estimate of drug-likeness (QED) is 0.137. The Morgan fingerprint density at radius 2 is 1.51 bits per heavy atom. The molecule has 0 aromatic heterocycles. The molecular formula is C32H35N3O6. The predicted molar refractivity (Wildman–Crippen MR) is 159 cm³/mol. The topological polar surface area (TPSA) is 129 Å². The van der Waals surface area contributed by atoms with Crippen molar-refractivity contribution in [3.05, 3.63) is 83.9 Å². The molecular weight excluding hydrogens is 522 g/mol. The summed E-state index contributed by atoms with van der Waals surface area (Å²) >= 11 is 0. The molecule has 0 heterocycles. The molecule has 0 aliphatic rings. The minimum absolute atomic E-state index is 0.127. The van der Waals surface area contributed by atoms with Crippen LogP contribution in [0.5, 0.6) is 11.5 Å². The average molecular weight is 558 g/mol. The first-order valence-electron chi connectivity index (χ1n) is 13.3. The maximum absolute atomic E-state index is 11.2. The fourth-order valence-corrected chi connectivity index (χ4v) is 5.01. The molecule has 9 nitrogen and oxygen atoms in total. The van der Waals surface area contributed by atoms with E-state index in [1.807, 2.05) is 18.2 Å². The largest absolute Gasteiger partial charge is 0.493 e. The van der Waals surface area contributed by atoms with Crippen LogP contribution < -0.4 is 25.4 Å². The van der Waals surface area contributed by atoms with Gasteiger partial charge < -0.3 is 19.7 Å². The first-order valence-corrected chi connectivity index (χ1v) is 13.3. The molecule has 4 aromatic carbocycles. The van der Waals surface area contributed by atoms with Crippen molar-refractivity contribution in [2.75, 3.05) is 14.2 Å². The molecule has 0 radical (unpaired) electrons. The predicted octanol–water partition coefficient (Wildman–Crippen LogP) is 6.30. The number of hydrogen-bond donors (Lipinski definition) is 5. The van der Waals surface area contributed by atoms with Gasteiger partial charge in [0.1, 0.15) is 0 Å². The van der Waals surface area contributed by atoms with Crippen molar-refractivity contribution in [3.63, 3.8) is 0 Å². The second-order valence-corrected chi connectivity index (χ2v) is 10.1. The number of amides is 2. The fraction of sp³-hybridized carbons (Fsp3) is 0.250. The van der Waals surface area contributed by atoms with Gasteiger partial charge in [-0.2, -0.15) is 0 Å². The fourth-order valence-electron chi connectivity index (χ4n) is 5.01. The van der Waals surface area contributed by atoms with Gasteiger partial charge in [-0.25, -0.2) is 9.59 Å². The zero-order chi connectivity index (χ0) is 29.5. The van der Waals surface area contributed by atoms with Gasteiger partial charge in [0.05, 0.1) is 14.2 Å². The number of benzene rings is 4. The van der Waals surface area contributed by atoms with Gasteiger partial charge in [-0.15, -0.1) is 0 Å². The van der Waals surface area contributed by atoms with Gasteiger partial charge in [-0.05, 0) is 63.1 Å². The van der Waals surface area contributed by atoms with Gasteiger partial charge in [-0.3, -0.25) is 16.0 Å². The highest BCUT2D eigenvalue weighted by Crippen LogP contribution is 2.42. The molecule has 0 spiro atoms. The van der Waals surface area contributed by atoms with E-state index in [0.29, 0.717) is 17.4 Å². The molecule has 2 amide bonds. The molecule has 5 N–H and O–H groups in total. The standard InChI is InChI=1S/C32H35N3O6/c1-19(2)16-20-8-10-21(11-9-20)25-7-5-6-22-17-23(12-14-26(22)25)28-24(13-15-27(40-3)29(28)41-4)18-33-30(34-31(36)37)35-32(38)39/h5-15,17,19,30,33-35H,16,18H2,1-4H3,(H,36,37)(H,38,39). The number of nitrogens with one attached hydrogen (secondary N) is 3. The second kappa shape index (κ2) is 13.1. The van der Waals surface area contributed by atoms with E-state index in [-0.39, 0.29) is 6.54 Å². The lowest BCUT2D eigenvalue weighted by Crippen LogP contribution is -2.55. The van der Waals surface area contributed by atoms with Crippen LogP contribution in [0, 0.1) is 5.92 Å². The maximum Gasteiger partial charge on any atom is 0.407 e. The van der Waals surface area contributed by atoms with Crippen molar-refractivity contribution >= 4 is 23.0 Å². The number of methoxy groups -OCH3 is 2. The van der Waals surface area contributed by atoms with Crippen molar-refractivity contribution in [2.24, 2.45) is 5.92 Å². The molecule has 0 fully saturated rings. The average Bonchev–Trinajstić information content (AvgIpc) is 2.94. The van der Waals surface area contributed by atoms with Gasteiger partial charge in [0.25, 0.3) is 0 Å². The highest BCUT2D eigenvalue weighted by atomic mass is 16.5. The molecule has 9 heteroatoms. The number of ether oxygens (including phenoxy) is 2. The Morgan fingerprint density at radius 1 is 0.829 bits per heavy atom. The van der Waals surface area contributed by atoms with Crippen LogP contribution in [0.4, 0.5) is 9.59 Å². The van der Waals surface area contributed by atoms with Gasteiger partial charge in [0.2, 0.25) is 0 Å². The highest BCUT2D eigenvalue weighted by molar-refractivity contribution is 5.99. The van der Waals surface area contributed by atoms with Crippen LogP contribution in [-0.2, 0) is 13.0 Å². The lowest BCUT2D eigenvalue weighted by Gasteiger charge is -2.21. The molecule has 0 unspecified atom stereocenters. The van der Waals surface area contributed by atoms with Crippen molar-refractivity contribution in [1.82, 2.24) is 16.0 Å². The minimum Gasteiger partial charge on any atom is -0.493 e. The molecule has 0 saturated heterocycles. The van der Waals surface area contributed by atoms with Crippen LogP contribution in [0.2, 0.25) is 0 Å². The molecule has 0 aliphatic carbocycles. The smallest absolute Gasteiger partial charge is 0.407 e. The zero-order valence-electron chi connectivity index (χ0n) is 23.5. The lowest BCUT2D eigenvalue weighted by atomic mass is 9.92. The van der Waals surface area contributed by atoms with Gasteiger partial charge in [0.15, 0.2) is 17.8 Å². The Balaban J connectivity index is 1.74. The molecule has 0 aliphatic heterocycles. The summed E-state index contributed by atoms with van der Waals surface area (Å²) in [5, 5.41) is 27.5. The Labute approximate surface area is 239 Å². The summed E-state index contributed by atoms with van der Waals surface area (Å²) in [4.78, 5) is 22.3. The van der Waals surface area contributed by atoms with E-state index in [1.54, 1.807) is 20.3 Å². The van der Waals surface area contributed by atoms with Crippen LogP contribution in [0.15, 0.2) is 72.8 Å². The summed E-state index contributed by atoms with van der Waals surface area (Å²) in [6.45, 7) is 4.56. The van der Waals surface area contributed by atoms with E-state index in [2.05, 4.69) is 78.3 Å². The zero-order valence-corrected chi connectivity index (χ0v) is 23.5. The molecule has 0 saturated carbocycles. The monoisotopic (exact) mass is 557 g/mol. The Kier molecular flexibility index (Phi) is 9.31. The number of carbonyl (C=O) groups is 2. The number of hydrogen-bond acceptors (Lipinski definition) is 5. The van der Waals surface area contributed by atoms with Crippen LogP contribution in [0.3, 0.4) is 0 Å². The minimum atomic E-state index is -1.37. The molecule has 41 heavy (non-hydrogen) atoms. The third-order valence-corrected chi connectivity index (χ3v) is 6.74. The molecule has 0 atom stereocenters. The van der Waals surface area contributed by atoms with Crippen LogP contribution in [-0.4, -0.2) is 42.9 Å². The van der Waals surface area contributed by atoms with Crippen LogP contribution in [0.1, 0.15) is 25.0 Å². The normalized spacial score (nSPS) is 11.1. The second-order valence-electron chi connectivity index (χ2n) is 10.1. The van der Waals surface area contributed by atoms with Gasteiger partial charge in [-0.1, -0.05) is 74.5 Å². The number of carboxylic acid groups (broad SMARTS) is 2. The summed E-state index contributed by atoms with van der Waals surface area (Å²) in [5.41, 5.74) is 5.95. The summed E-state index contributed by atoms with van der Waals surface area (Å²) in [6.07, 6.45) is -2.93. The summed E-state index contributed by atoms with van der Waals surface area (Å²) < 4.78 is 11.3. The number of rotatable bonds is 11. The number of fused-ring (bicyclic) bond motifs is 1. The van der Waals surface area contributed by atoms with Crippen molar-refractivity contribution in [3.8, 4) is 33.8 Å². The lowest BCUT2D eigenvalue weighted by molar-refractivity contribution is 0.170. The highest BCUT2D eigenvalue weighted by Gasteiger charge is 2.20. The maximum atomic E-state index is 11.2. The van der Waals surface area contributed by atoms with E-state index >= 15 is 0 Å². The van der Waals surface area contributed by atoms with E-state index in [9.17, 15) is 9.59 Å². The first kappa shape index (κ1) is 29.2. The van der Waals surface area contributed by atoms with E-state index in [4.69, 9.17) is 19.7 Å². The van der Waals surface area contributed by atoms with Crippen molar-refractivity contribution < 1.29 is 29.3 Å². The van der Waals surface area contributed by atoms with E-state index in [0.717, 1.165) is 45.0 Å². The third-order valence-electron chi connectivity index (χ3n) is 6.74. The molecule has 4 aromatic rings. The Bertz CT molecular complexity index is 1520. The van der Waals surface area contributed by atoms with E-state index < -0.39 is 18.5 Å². The molecule has 214 valence electrons. The molecule has 4 rings (SSSR count). The van der Waals surface area contributed by atoms with Crippen LogP contribution >= 0.6 is 0 Å². The van der Waals surface area contributed by atoms with Crippen LogP contribution in [0.25, 0.3) is 33.0 Å². The molecule has 0 bridgehead atoms. The van der Waals surface area contributed by atoms with Gasteiger partial charge in [0, 0.05) is 12.1 Å². The Hall–Kier alpha value is -4.76.